The van der Waals surface area contributed by atoms with Crippen molar-refractivity contribution in [2.45, 2.75) is 17.0 Å². The fraction of sp³-hybridized carbons (Fsp3) is 0.381. The Hall–Kier alpha value is -1.43. The molecule has 1 N–H and O–H groups in total. The molecule has 2 aromatic rings. The molecule has 3 rings (SSSR count). The van der Waals surface area contributed by atoms with E-state index in [0.29, 0.717) is 4.58 Å². The van der Waals surface area contributed by atoms with Crippen molar-refractivity contribution in [1.29, 1.82) is 0 Å². The van der Waals surface area contributed by atoms with Crippen molar-refractivity contribution < 1.29 is 4.79 Å². The van der Waals surface area contributed by atoms with Crippen molar-refractivity contribution in [3.63, 3.8) is 0 Å². The van der Waals surface area contributed by atoms with Crippen LogP contribution in [0.15, 0.2) is 54.6 Å². The van der Waals surface area contributed by atoms with Gasteiger partial charge in [0.2, 0.25) is 0 Å². The first-order chi connectivity index (χ1) is 12.6. The van der Waals surface area contributed by atoms with Gasteiger partial charge >= 0.3 is 0 Å². The highest BCUT2D eigenvalue weighted by atomic mass is 32.2. The molecule has 138 valence electrons. The quantitative estimate of drug-likeness (QED) is 0.787. The Morgan fingerprint density at radius 2 is 1.73 bits per heavy atom. The van der Waals surface area contributed by atoms with Gasteiger partial charge in [-0.25, -0.2) is 0 Å². The number of thioether (sulfide) groups is 2. The average Bonchev–Trinajstić information content (AvgIpc) is 2.68. The van der Waals surface area contributed by atoms with Gasteiger partial charge in [-0.3, -0.25) is 4.79 Å². The lowest BCUT2D eigenvalue weighted by molar-refractivity contribution is 0.0930. The lowest BCUT2D eigenvalue weighted by Crippen LogP contribution is -2.35. The summed E-state index contributed by atoms with van der Waals surface area (Å²) in [4.78, 5) is 14.9. The Morgan fingerprint density at radius 1 is 1.08 bits per heavy atom. The smallest absolute Gasteiger partial charge is 0.251 e. The summed E-state index contributed by atoms with van der Waals surface area (Å²) in [5, 5.41) is 3.19. The van der Waals surface area contributed by atoms with Crippen LogP contribution in [0.5, 0.6) is 0 Å². The highest BCUT2D eigenvalue weighted by Crippen LogP contribution is 2.43. The number of benzene rings is 2. The Labute approximate surface area is 164 Å². The molecule has 0 aliphatic carbocycles. The Bertz CT molecular complexity index is 698. The van der Waals surface area contributed by atoms with E-state index in [9.17, 15) is 4.79 Å². The predicted octanol–water partition coefficient (Wildman–Crippen LogP) is 4.59. The van der Waals surface area contributed by atoms with E-state index < -0.39 is 0 Å². The van der Waals surface area contributed by atoms with E-state index in [0.717, 1.165) is 17.7 Å². The van der Waals surface area contributed by atoms with Gasteiger partial charge in [0.05, 0.1) is 10.6 Å². The Balaban J connectivity index is 1.68. The van der Waals surface area contributed by atoms with Crippen LogP contribution in [-0.4, -0.2) is 43.0 Å². The second-order valence-corrected chi connectivity index (χ2v) is 9.47. The molecule has 0 aromatic heterocycles. The molecule has 1 heterocycles. The van der Waals surface area contributed by atoms with E-state index in [2.05, 4.69) is 34.5 Å². The van der Waals surface area contributed by atoms with Gasteiger partial charge in [-0.2, -0.15) is 0 Å². The summed E-state index contributed by atoms with van der Waals surface area (Å²) < 4.78 is 0.506. The van der Waals surface area contributed by atoms with Crippen molar-refractivity contribution >= 4 is 29.4 Å². The van der Waals surface area contributed by atoms with Gasteiger partial charge in [0.25, 0.3) is 5.91 Å². The van der Waals surface area contributed by atoms with Gasteiger partial charge in [-0.15, -0.1) is 23.5 Å². The summed E-state index contributed by atoms with van der Waals surface area (Å²) in [7, 11) is 4.05. The average molecular weight is 387 g/mol. The zero-order valence-electron chi connectivity index (χ0n) is 15.4. The number of nitrogens with one attached hydrogen (secondary N) is 1. The summed E-state index contributed by atoms with van der Waals surface area (Å²) in [6.45, 7) is 0.767. The normalized spacial score (nSPS) is 16.4. The van der Waals surface area contributed by atoms with Gasteiger partial charge in [-0.05, 0) is 55.3 Å². The molecule has 0 spiro atoms. The predicted molar refractivity (Wildman–Crippen MR) is 114 cm³/mol. The van der Waals surface area contributed by atoms with Crippen LogP contribution in [0.2, 0.25) is 0 Å². The molecule has 0 radical (unpaired) electrons. The summed E-state index contributed by atoms with van der Waals surface area (Å²) in [5.41, 5.74) is 3.16. The molecule has 1 amide bonds. The maximum atomic E-state index is 12.8. The molecule has 1 atom stereocenters. The van der Waals surface area contributed by atoms with Crippen LogP contribution < -0.4 is 5.32 Å². The van der Waals surface area contributed by atoms with E-state index in [4.69, 9.17) is 0 Å². The minimum Gasteiger partial charge on any atom is -0.344 e. The van der Waals surface area contributed by atoms with Crippen molar-refractivity contribution in [3.05, 3.63) is 71.3 Å². The summed E-state index contributed by atoms with van der Waals surface area (Å²) in [6.07, 6.45) is 1.29. The number of amides is 1. The maximum Gasteiger partial charge on any atom is 0.251 e. The maximum absolute atomic E-state index is 12.8. The lowest BCUT2D eigenvalue weighted by Gasteiger charge is -2.23. The summed E-state index contributed by atoms with van der Waals surface area (Å²) >= 11 is 4.00. The molecule has 3 nitrogen and oxygen atoms in total. The number of rotatable bonds is 6. The standard InChI is InChI=1S/C21H26N2OS2/c1-23(2)15-19(16-7-4-3-5-8-16)22-20(24)17-9-11-18(12-10-17)21-25-13-6-14-26-21/h3-5,7-12,19,21H,6,13-15H2,1-2H3,(H,22,24)/t19-/m1/s1. The van der Waals surface area contributed by atoms with Crippen molar-refractivity contribution in [2.24, 2.45) is 0 Å². The first-order valence-electron chi connectivity index (χ1n) is 8.97. The zero-order chi connectivity index (χ0) is 18.4. The van der Waals surface area contributed by atoms with E-state index in [1.54, 1.807) is 0 Å². The number of hydrogen-bond donors (Lipinski definition) is 1. The van der Waals surface area contributed by atoms with Crippen LogP contribution in [0.3, 0.4) is 0 Å². The van der Waals surface area contributed by atoms with Crippen LogP contribution in [0, 0.1) is 0 Å². The number of likely N-dealkylation sites (N-methyl/N-ethyl adjacent to an activating group) is 1. The first-order valence-corrected chi connectivity index (χ1v) is 11.1. The van der Waals surface area contributed by atoms with Gasteiger partial charge in [0.15, 0.2) is 0 Å². The highest BCUT2D eigenvalue weighted by molar-refractivity contribution is 8.16. The van der Waals surface area contributed by atoms with E-state index >= 15 is 0 Å². The largest absolute Gasteiger partial charge is 0.344 e. The Kier molecular flexibility index (Phi) is 7.06. The van der Waals surface area contributed by atoms with Gasteiger partial charge in [-0.1, -0.05) is 42.5 Å². The highest BCUT2D eigenvalue weighted by Gasteiger charge is 2.19. The van der Waals surface area contributed by atoms with E-state index in [1.165, 1.54) is 23.5 Å². The van der Waals surface area contributed by atoms with Crippen LogP contribution in [-0.2, 0) is 0 Å². The molecular weight excluding hydrogens is 360 g/mol. The molecule has 1 aliphatic rings. The topological polar surface area (TPSA) is 32.3 Å². The third kappa shape index (κ3) is 5.29. The minimum absolute atomic E-state index is 0.0174. The monoisotopic (exact) mass is 386 g/mol. The Morgan fingerprint density at radius 3 is 2.35 bits per heavy atom. The molecule has 0 unspecified atom stereocenters. The third-order valence-electron chi connectivity index (χ3n) is 4.33. The molecule has 0 saturated carbocycles. The van der Waals surface area contributed by atoms with Crippen LogP contribution >= 0.6 is 23.5 Å². The fourth-order valence-corrected chi connectivity index (χ4v) is 5.89. The summed E-state index contributed by atoms with van der Waals surface area (Å²) in [6, 6.07) is 18.3. The fourth-order valence-electron chi connectivity index (χ4n) is 3.00. The molecule has 26 heavy (non-hydrogen) atoms. The first kappa shape index (κ1) is 19.3. The third-order valence-corrected chi connectivity index (χ3v) is 7.34. The second kappa shape index (κ2) is 9.49. The number of carbonyl (C=O) groups excluding carboxylic acids is 1. The molecule has 1 saturated heterocycles. The molecule has 0 bridgehead atoms. The van der Waals surface area contributed by atoms with E-state index in [-0.39, 0.29) is 11.9 Å². The van der Waals surface area contributed by atoms with E-state index in [1.807, 2.05) is 68.0 Å². The van der Waals surface area contributed by atoms with Crippen molar-refractivity contribution in [2.75, 3.05) is 32.1 Å². The number of nitrogens with zero attached hydrogens (tertiary/aromatic N) is 1. The molecule has 2 aromatic carbocycles. The SMILES string of the molecule is CN(C)C[C@@H](NC(=O)c1ccc(C2SCCCS2)cc1)c1ccccc1. The van der Waals surface area contributed by atoms with Gasteiger partial charge < -0.3 is 10.2 Å². The van der Waals surface area contributed by atoms with Crippen LogP contribution in [0.25, 0.3) is 0 Å². The lowest BCUT2D eigenvalue weighted by atomic mass is 10.1. The van der Waals surface area contributed by atoms with Crippen LogP contribution in [0.1, 0.15) is 38.5 Å². The second-order valence-electron chi connectivity index (χ2n) is 6.75. The van der Waals surface area contributed by atoms with Gasteiger partial charge in [0.1, 0.15) is 0 Å². The number of carbonyl (C=O) groups is 1. The molecular formula is C21H26N2OS2. The molecule has 1 aliphatic heterocycles. The van der Waals surface area contributed by atoms with Crippen LogP contribution in [0.4, 0.5) is 0 Å². The molecule has 5 heteroatoms. The molecule has 1 fully saturated rings. The van der Waals surface area contributed by atoms with Gasteiger partial charge in [0, 0.05) is 12.1 Å². The minimum atomic E-state index is -0.0252. The van der Waals surface area contributed by atoms with Crippen molar-refractivity contribution in [3.8, 4) is 0 Å². The number of hydrogen-bond acceptors (Lipinski definition) is 4. The zero-order valence-corrected chi connectivity index (χ0v) is 17.0. The van der Waals surface area contributed by atoms with Crippen molar-refractivity contribution in [1.82, 2.24) is 10.2 Å². The summed E-state index contributed by atoms with van der Waals surface area (Å²) in [5.74, 6) is 2.43.